The van der Waals surface area contributed by atoms with Crippen LogP contribution in [0, 0.1) is 0 Å². The van der Waals surface area contributed by atoms with Gasteiger partial charge in [-0.25, -0.2) is 4.98 Å². The third-order valence-electron chi connectivity index (χ3n) is 2.79. The highest BCUT2D eigenvalue weighted by Crippen LogP contribution is 2.11. The molecule has 4 heteroatoms. The molecule has 2 aromatic rings. The zero-order valence-electron chi connectivity index (χ0n) is 11.3. The van der Waals surface area contributed by atoms with Gasteiger partial charge in [-0.2, -0.15) is 0 Å². The van der Waals surface area contributed by atoms with Gasteiger partial charge in [0.2, 0.25) is 0 Å². The minimum Gasteiger partial charge on any atom is -0.349 e. The van der Waals surface area contributed by atoms with Crippen molar-refractivity contribution in [1.82, 2.24) is 15.6 Å². The summed E-state index contributed by atoms with van der Waals surface area (Å²) in [6, 6.07) is 11.9. The maximum atomic E-state index is 11.9. The Hall–Kier alpha value is -1.94. The molecular weight excluding hydrogens is 238 g/mol. The predicted molar refractivity (Wildman–Crippen MR) is 77.2 cm³/mol. The quantitative estimate of drug-likeness (QED) is 0.805. The molecule has 1 aromatic carbocycles. The average molecular weight is 257 g/mol. The van der Waals surface area contributed by atoms with E-state index in [9.17, 15) is 4.79 Å². The largest absolute Gasteiger partial charge is 0.349 e. The highest BCUT2D eigenvalue weighted by molar-refractivity contribution is 5.94. The summed E-state index contributed by atoms with van der Waals surface area (Å²) in [5, 5.41) is 7.14. The van der Waals surface area contributed by atoms with Gasteiger partial charge in [-0.15, -0.1) is 0 Å². The number of carbonyl (C=O) groups is 1. The number of benzene rings is 1. The van der Waals surface area contributed by atoms with E-state index in [1.165, 1.54) is 0 Å². The lowest BCUT2D eigenvalue weighted by Crippen LogP contribution is -2.34. The molecule has 2 rings (SSSR count). The van der Waals surface area contributed by atoms with Crippen LogP contribution in [0.1, 0.15) is 24.3 Å². The molecule has 0 spiro atoms. The number of pyridine rings is 1. The van der Waals surface area contributed by atoms with Gasteiger partial charge in [0.25, 0.3) is 5.91 Å². The van der Waals surface area contributed by atoms with Gasteiger partial charge in [-0.3, -0.25) is 4.79 Å². The number of nitrogens with one attached hydrogen (secondary N) is 2. The summed E-state index contributed by atoms with van der Waals surface area (Å²) in [4.78, 5) is 16.3. The van der Waals surface area contributed by atoms with Crippen LogP contribution in [0.15, 0.2) is 36.4 Å². The molecule has 100 valence electrons. The van der Waals surface area contributed by atoms with Crippen molar-refractivity contribution in [1.29, 1.82) is 0 Å². The number of hydrogen-bond donors (Lipinski definition) is 2. The van der Waals surface area contributed by atoms with Crippen LogP contribution in [0.2, 0.25) is 0 Å². The number of nitrogens with zero attached hydrogens (tertiary/aromatic N) is 1. The van der Waals surface area contributed by atoms with E-state index in [1.807, 2.05) is 30.3 Å². The monoisotopic (exact) mass is 257 g/mol. The standard InChI is InChI=1S/C15H19N3O/c1-11(2)16-9-10-17-15(19)14-8-7-12-5-3-4-6-13(12)18-14/h3-8,11,16H,9-10H2,1-2H3,(H,17,19). The third kappa shape index (κ3) is 3.76. The molecule has 1 amide bonds. The van der Waals surface area contributed by atoms with Crippen molar-refractivity contribution < 1.29 is 4.79 Å². The highest BCUT2D eigenvalue weighted by Gasteiger charge is 2.07. The molecular formula is C15H19N3O. The summed E-state index contributed by atoms with van der Waals surface area (Å²) in [5.74, 6) is -0.128. The number of hydrogen-bond acceptors (Lipinski definition) is 3. The Bertz CT molecular complexity index is 566. The summed E-state index contributed by atoms with van der Waals surface area (Å²) >= 11 is 0. The number of fused-ring (bicyclic) bond motifs is 1. The van der Waals surface area contributed by atoms with E-state index >= 15 is 0 Å². The Balaban J connectivity index is 1.97. The van der Waals surface area contributed by atoms with Crippen LogP contribution in [0.4, 0.5) is 0 Å². The fourth-order valence-corrected chi connectivity index (χ4v) is 1.82. The molecule has 1 heterocycles. The lowest BCUT2D eigenvalue weighted by atomic mass is 10.2. The van der Waals surface area contributed by atoms with Crippen molar-refractivity contribution in [3.8, 4) is 0 Å². The second-order valence-electron chi connectivity index (χ2n) is 4.75. The van der Waals surface area contributed by atoms with E-state index in [-0.39, 0.29) is 5.91 Å². The minimum absolute atomic E-state index is 0.128. The second kappa shape index (κ2) is 6.29. The summed E-state index contributed by atoms with van der Waals surface area (Å²) in [6.45, 7) is 5.52. The van der Waals surface area contributed by atoms with Crippen LogP contribution < -0.4 is 10.6 Å². The van der Waals surface area contributed by atoms with Crippen molar-refractivity contribution in [2.45, 2.75) is 19.9 Å². The van der Waals surface area contributed by atoms with Gasteiger partial charge < -0.3 is 10.6 Å². The maximum Gasteiger partial charge on any atom is 0.269 e. The molecule has 4 nitrogen and oxygen atoms in total. The second-order valence-corrected chi connectivity index (χ2v) is 4.75. The first kappa shape index (κ1) is 13.5. The fourth-order valence-electron chi connectivity index (χ4n) is 1.82. The van der Waals surface area contributed by atoms with Crippen molar-refractivity contribution in [2.24, 2.45) is 0 Å². The van der Waals surface area contributed by atoms with Gasteiger partial charge in [-0.1, -0.05) is 38.1 Å². The van der Waals surface area contributed by atoms with Crippen molar-refractivity contribution in [3.63, 3.8) is 0 Å². The first-order valence-electron chi connectivity index (χ1n) is 6.54. The van der Waals surface area contributed by atoms with E-state index in [0.29, 0.717) is 18.3 Å². The van der Waals surface area contributed by atoms with Crippen LogP contribution in [-0.4, -0.2) is 30.0 Å². The van der Waals surface area contributed by atoms with Gasteiger partial charge >= 0.3 is 0 Å². The molecule has 2 N–H and O–H groups in total. The molecule has 19 heavy (non-hydrogen) atoms. The number of aromatic nitrogens is 1. The molecule has 0 saturated carbocycles. The molecule has 0 saturated heterocycles. The van der Waals surface area contributed by atoms with E-state index in [2.05, 4.69) is 29.5 Å². The van der Waals surface area contributed by atoms with Crippen LogP contribution >= 0.6 is 0 Å². The molecule has 0 radical (unpaired) electrons. The minimum atomic E-state index is -0.128. The third-order valence-corrected chi connectivity index (χ3v) is 2.79. The molecule has 0 fully saturated rings. The Morgan fingerprint density at radius 3 is 2.74 bits per heavy atom. The van der Waals surface area contributed by atoms with E-state index in [1.54, 1.807) is 6.07 Å². The summed E-state index contributed by atoms with van der Waals surface area (Å²) < 4.78 is 0. The number of amides is 1. The highest BCUT2D eigenvalue weighted by atomic mass is 16.1. The van der Waals surface area contributed by atoms with Gasteiger partial charge in [0, 0.05) is 24.5 Å². The van der Waals surface area contributed by atoms with Crippen molar-refractivity contribution >= 4 is 16.8 Å². The van der Waals surface area contributed by atoms with Crippen LogP contribution in [0.5, 0.6) is 0 Å². The number of carbonyl (C=O) groups excluding carboxylic acids is 1. The molecule has 0 aliphatic carbocycles. The van der Waals surface area contributed by atoms with E-state index < -0.39 is 0 Å². The Kier molecular flexibility index (Phi) is 4.47. The first-order chi connectivity index (χ1) is 9.16. The van der Waals surface area contributed by atoms with Crippen molar-refractivity contribution in [3.05, 3.63) is 42.1 Å². The Morgan fingerprint density at radius 2 is 1.95 bits per heavy atom. The van der Waals surface area contributed by atoms with Crippen LogP contribution in [-0.2, 0) is 0 Å². The first-order valence-corrected chi connectivity index (χ1v) is 6.54. The van der Waals surface area contributed by atoms with Gasteiger partial charge in [0.1, 0.15) is 5.69 Å². The summed E-state index contributed by atoms with van der Waals surface area (Å²) in [7, 11) is 0. The Labute approximate surface area is 113 Å². The zero-order chi connectivity index (χ0) is 13.7. The fraction of sp³-hybridized carbons (Fsp3) is 0.333. The lowest BCUT2D eigenvalue weighted by molar-refractivity contribution is 0.0949. The molecule has 0 aliphatic rings. The van der Waals surface area contributed by atoms with Gasteiger partial charge in [0.05, 0.1) is 5.52 Å². The number of para-hydroxylation sites is 1. The van der Waals surface area contributed by atoms with Crippen LogP contribution in [0.25, 0.3) is 10.9 Å². The zero-order valence-corrected chi connectivity index (χ0v) is 11.3. The summed E-state index contributed by atoms with van der Waals surface area (Å²) in [5.41, 5.74) is 1.30. The summed E-state index contributed by atoms with van der Waals surface area (Å²) in [6.07, 6.45) is 0. The lowest BCUT2D eigenvalue weighted by Gasteiger charge is -2.09. The number of rotatable bonds is 5. The SMILES string of the molecule is CC(C)NCCNC(=O)c1ccc2ccccc2n1. The average Bonchev–Trinajstić information content (AvgIpc) is 2.42. The Morgan fingerprint density at radius 1 is 1.16 bits per heavy atom. The van der Waals surface area contributed by atoms with Crippen LogP contribution in [0.3, 0.4) is 0 Å². The normalized spacial score (nSPS) is 10.9. The molecule has 0 unspecified atom stereocenters. The van der Waals surface area contributed by atoms with E-state index in [4.69, 9.17) is 0 Å². The molecule has 0 aliphatic heterocycles. The van der Waals surface area contributed by atoms with Crippen molar-refractivity contribution in [2.75, 3.05) is 13.1 Å². The van der Waals surface area contributed by atoms with E-state index in [0.717, 1.165) is 17.4 Å². The molecule has 1 aromatic heterocycles. The maximum absolute atomic E-state index is 11.9. The molecule has 0 bridgehead atoms. The van der Waals surface area contributed by atoms with Gasteiger partial charge in [0.15, 0.2) is 0 Å². The predicted octanol–water partition coefficient (Wildman–Crippen LogP) is 1.96. The molecule has 0 atom stereocenters. The van der Waals surface area contributed by atoms with Gasteiger partial charge in [-0.05, 0) is 12.1 Å². The topological polar surface area (TPSA) is 54.0 Å². The smallest absolute Gasteiger partial charge is 0.269 e.